The number of aliphatic hydroxyl groups excluding tert-OH is 1. The Morgan fingerprint density at radius 1 is 1.26 bits per heavy atom. The monoisotopic (exact) mass is 371 g/mol. The third-order valence-corrected chi connectivity index (χ3v) is 4.85. The van der Waals surface area contributed by atoms with Crippen LogP contribution in [0.5, 0.6) is 0 Å². The van der Waals surface area contributed by atoms with Crippen molar-refractivity contribution in [3.63, 3.8) is 0 Å². The molecule has 0 radical (unpaired) electrons. The number of halogens is 1. The van der Waals surface area contributed by atoms with Crippen molar-refractivity contribution in [2.75, 3.05) is 11.9 Å². The van der Waals surface area contributed by atoms with E-state index in [1.54, 1.807) is 6.07 Å². The standard InChI is InChI=1S/C18H14FN3O5/c19-8-3-1-2-4-9(8)20-10-5-11(23)15-14(16(10)25)21-13-7-26-17-12(24)6-27-18(17)22(13)15/h1-5,12,17-18,20,24H,6-7H2/t12-,17-,18+/m1/s1. The molecule has 3 aliphatic rings. The molecule has 0 unspecified atom stereocenters. The number of ketones is 2. The number of rotatable bonds is 2. The average molecular weight is 371 g/mol. The van der Waals surface area contributed by atoms with Crippen LogP contribution in [-0.2, 0) is 16.1 Å². The van der Waals surface area contributed by atoms with Crippen molar-refractivity contribution in [1.82, 2.24) is 9.55 Å². The number of hydrogen-bond donors (Lipinski definition) is 2. The maximum absolute atomic E-state index is 13.9. The summed E-state index contributed by atoms with van der Waals surface area (Å²) >= 11 is 0. The molecule has 1 saturated heterocycles. The minimum atomic E-state index is -0.815. The molecule has 2 N–H and O–H groups in total. The van der Waals surface area contributed by atoms with Gasteiger partial charge in [0.1, 0.15) is 41.8 Å². The van der Waals surface area contributed by atoms with Gasteiger partial charge in [0.05, 0.1) is 18.0 Å². The fourth-order valence-corrected chi connectivity index (χ4v) is 3.60. The van der Waals surface area contributed by atoms with Gasteiger partial charge in [-0.3, -0.25) is 14.2 Å². The molecule has 5 rings (SSSR count). The number of allylic oxidation sites excluding steroid dienone is 2. The van der Waals surface area contributed by atoms with Crippen molar-refractivity contribution >= 4 is 17.3 Å². The number of fused-ring (bicyclic) bond motifs is 5. The van der Waals surface area contributed by atoms with Gasteiger partial charge < -0.3 is 19.9 Å². The largest absolute Gasteiger partial charge is 0.388 e. The summed E-state index contributed by atoms with van der Waals surface area (Å²) < 4.78 is 26.5. The highest BCUT2D eigenvalue weighted by Crippen LogP contribution is 2.37. The number of aromatic nitrogens is 2. The molecular formula is C18H14FN3O5. The van der Waals surface area contributed by atoms with Crippen LogP contribution in [-0.4, -0.2) is 45.0 Å². The van der Waals surface area contributed by atoms with Crippen molar-refractivity contribution in [3.8, 4) is 0 Å². The third-order valence-electron chi connectivity index (χ3n) is 4.85. The number of nitrogens with zero attached hydrogens (tertiary/aromatic N) is 2. The minimum absolute atomic E-state index is 0.0365. The highest BCUT2D eigenvalue weighted by molar-refractivity contribution is 6.24. The predicted octanol–water partition coefficient (Wildman–Crippen LogP) is 1.19. The number of para-hydroxylation sites is 1. The first-order valence-electron chi connectivity index (χ1n) is 8.39. The Morgan fingerprint density at radius 2 is 2.07 bits per heavy atom. The smallest absolute Gasteiger partial charge is 0.230 e. The van der Waals surface area contributed by atoms with Gasteiger partial charge in [-0.15, -0.1) is 0 Å². The quantitative estimate of drug-likeness (QED) is 0.817. The summed E-state index contributed by atoms with van der Waals surface area (Å²) in [5.41, 5.74) is 0.0907. The van der Waals surface area contributed by atoms with Gasteiger partial charge in [-0.25, -0.2) is 9.37 Å². The molecule has 1 fully saturated rings. The highest BCUT2D eigenvalue weighted by atomic mass is 19.1. The molecule has 3 heterocycles. The number of anilines is 1. The molecule has 0 spiro atoms. The number of hydrogen-bond acceptors (Lipinski definition) is 7. The van der Waals surface area contributed by atoms with Crippen LogP contribution in [0.3, 0.4) is 0 Å². The molecule has 2 aliphatic heterocycles. The SMILES string of the molecule is O=C1C(Nc2ccccc2F)=CC(=O)c2c1nc1n2[C@H]2OC[C@@H](O)[C@H]2OC1. The van der Waals surface area contributed by atoms with Crippen LogP contribution in [0, 0.1) is 5.82 Å². The molecule has 9 heteroatoms. The van der Waals surface area contributed by atoms with Crippen LogP contribution >= 0.6 is 0 Å². The number of Topliss-reactive ketones (excluding diaryl/α,β-unsaturated/α-hetero) is 1. The summed E-state index contributed by atoms with van der Waals surface area (Å²) in [4.78, 5) is 29.8. The Labute approximate surface area is 152 Å². The van der Waals surface area contributed by atoms with E-state index >= 15 is 0 Å². The van der Waals surface area contributed by atoms with E-state index in [0.717, 1.165) is 6.08 Å². The number of nitrogens with one attached hydrogen (secondary N) is 1. The fourth-order valence-electron chi connectivity index (χ4n) is 3.60. The van der Waals surface area contributed by atoms with E-state index in [-0.39, 0.29) is 36.0 Å². The summed E-state index contributed by atoms with van der Waals surface area (Å²) in [5.74, 6) is -1.14. The second-order valence-corrected chi connectivity index (χ2v) is 6.52. The molecule has 0 amide bonds. The fraction of sp³-hybridized carbons (Fsp3) is 0.278. The Hall–Kier alpha value is -2.88. The van der Waals surface area contributed by atoms with Gasteiger partial charge in [0.2, 0.25) is 11.6 Å². The van der Waals surface area contributed by atoms with Gasteiger partial charge in [-0.05, 0) is 12.1 Å². The first-order chi connectivity index (χ1) is 13.0. The third kappa shape index (κ3) is 2.36. The zero-order valence-electron chi connectivity index (χ0n) is 13.9. The summed E-state index contributed by atoms with van der Waals surface area (Å²) in [6, 6.07) is 5.85. The Kier molecular flexibility index (Phi) is 3.51. The van der Waals surface area contributed by atoms with Crippen molar-refractivity contribution in [1.29, 1.82) is 0 Å². The lowest BCUT2D eigenvalue weighted by atomic mass is 10.0. The molecule has 8 nitrogen and oxygen atoms in total. The van der Waals surface area contributed by atoms with Crippen LogP contribution in [0.25, 0.3) is 0 Å². The van der Waals surface area contributed by atoms with E-state index in [0.29, 0.717) is 5.82 Å². The number of benzene rings is 1. The number of carbonyl (C=O) groups excluding carboxylic acids is 2. The van der Waals surface area contributed by atoms with Gasteiger partial charge in [0.15, 0.2) is 6.23 Å². The van der Waals surface area contributed by atoms with Crippen molar-refractivity contribution in [2.45, 2.75) is 25.0 Å². The van der Waals surface area contributed by atoms with Crippen LogP contribution in [0.15, 0.2) is 36.0 Å². The molecule has 3 atom stereocenters. The van der Waals surface area contributed by atoms with E-state index in [2.05, 4.69) is 10.3 Å². The number of imidazole rings is 1. The van der Waals surface area contributed by atoms with E-state index in [4.69, 9.17) is 9.47 Å². The van der Waals surface area contributed by atoms with Gasteiger partial charge in [0.25, 0.3) is 0 Å². The Morgan fingerprint density at radius 3 is 2.89 bits per heavy atom. The zero-order chi connectivity index (χ0) is 18.7. The molecule has 0 saturated carbocycles. The van der Waals surface area contributed by atoms with Crippen LogP contribution in [0.2, 0.25) is 0 Å². The second kappa shape index (κ2) is 5.81. The zero-order valence-corrected chi connectivity index (χ0v) is 13.9. The van der Waals surface area contributed by atoms with Gasteiger partial charge >= 0.3 is 0 Å². The molecule has 1 aromatic carbocycles. The number of aliphatic hydroxyl groups is 1. The maximum atomic E-state index is 13.9. The van der Waals surface area contributed by atoms with E-state index in [9.17, 15) is 19.1 Å². The Bertz CT molecular complexity index is 1010. The van der Waals surface area contributed by atoms with Gasteiger partial charge in [-0.2, -0.15) is 0 Å². The van der Waals surface area contributed by atoms with Crippen molar-refractivity contribution in [3.05, 3.63) is 59.1 Å². The molecular weight excluding hydrogens is 357 g/mol. The minimum Gasteiger partial charge on any atom is -0.388 e. The van der Waals surface area contributed by atoms with E-state index in [1.165, 1.54) is 22.8 Å². The molecule has 0 bridgehead atoms. The first-order valence-corrected chi connectivity index (χ1v) is 8.39. The average Bonchev–Trinajstić information content (AvgIpc) is 3.22. The highest BCUT2D eigenvalue weighted by Gasteiger charge is 2.46. The van der Waals surface area contributed by atoms with Crippen molar-refractivity contribution < 1.29 is 28.6 Å². The Balaban J connectivity index is 1.54. The van der Waals surface area contributed by atoms with Gasteiger partial charge in [0, 0.05) is 6.08 Å². The molecule has 138 valence electrons. The van der Waals surface area contributed by atoms with Crippen molar-refractivity contribution in [2.24, 2.45) is 0 Å². The molecule has 1 aliphatic carbocycles. The topological polar surface area (TPSA) is 103 Å². The van der Waals surface area contributed by atoms with Gasteiger partial charge in [-0.1, -0.05) is 12.1 Å². The van der Waals surface area contributed by atoms with E-state index < -0.39 is 35.8 Å². The summed E-state index contributed by atoms with van der Waals surface area (Å²) in [6.45, 7) is 0.116. The first kappa shape index (κ1) is 16.3. The summed E-state index contributed by atoms with van der Waals surface area (Å²) in [5, 5.41) is 12.6. The molecule has 2 aromatic rings. The molecule has 27 heavy (non-hydrogen) atoms. The van der Waals surface area contributed by atoms with E-state index in [1.807, 2.05) is 0 Å². The lowest BCUT2D eigenvalue weighted by Crippen LogP contribution is -2.37. The summed E-state index contributed by atoms with van der Waals surface area (Å²) in [6.07, 6.45) is -1.03. The lowest BCUT2D eigenvalue weighted by Gasteiger charge is -2.29. The lowest BCUT2D eigenvalue weighted by molar-refractivity contribution is -0.0992. The van der Waals surface area contributed by atoms with Crippen LogP contribution < -0.4 is 5.32 Å². The normalized spacial score (nSPS) is 26.3. The predicted molar refractivity (Wildman–Crippen MR) is 88.6 cm³/mol. The molecule has 1 aromatic heterocycles. The van der Waals surface area contributed by atoms with Crippen LogP contribution in [0.1, 0.15) is 33.0 Å². The van der Waals surface area contributed by atoms with Crippen LogP contribution in [0.4, 0.5) is 10.1 Å². The number of carbonyl (C=O) groups is 2. The summed E-state index contributed by atoms with van der Waals surface area (Å²) in [7, 11) is 0. The number of ether oxygens (including phenoxy) is 2. The second-order valence-electron chi connectivity index (χ2n) is 6.52. The maximum Gasteiger partial charge on any atom is 0.230 e.